The summed E-state index contributed by atoms with van der Waals surface area (Å²) in [5, 5.41) is 0.418. The van der Waals surface area contributed by atoms with Crippen molar-refractivity contribution in [1.82, 2.24) is 4.98 Å². The minimum atomic E-state index is -0.822. The van der Waals surface area contributed by atoms with E-state index >= 15 is 0 Å². The van der Waals surface area contributed by atoms with Gasteiger partial charge in [-0.05, 0) is 73.9 Å². The van der Waals surface area contributed by atoms with Crippen molar-refractivity contribution in [3.05, 3.63) is 86.4 Å². The Balaban J connectivity index is 1.86. The number of aryl methyl sites for hydroxylation is 3. The topological polar surface area (TPSA) is 91.1 Å². The van der Waals surface area contributed by atoms with Gasteiger partial charge in [0.25, 0.3) is 5.91 Å². The molecule has 0 radical (unpaired) electrons. The van der Waals surface area contributed by atoms with Crippen molar-refractivity contribution in [2.45, 2.75) is 26.8 Å². The van der Waals surface area contributed by atoms with E-state index in [0.717, 1.165) is 16.8 Å². The fourth-order valence-corrected chi connectivity index (χ4v) is 4.70. The molecule has 2 aromatic heterocycles. The lowest BCUT2D eigenvalue weighted by atomic mass is 9.96. The average molecular weight is 487 g/mol. The van der Waals surface area contributed by atoms with Gasteiger partial charge in [0.2, 0.25) is 11.5 Å². The largest absolute Gasteiger partial charge is 0.493 e. The highest BCUT2D eigenvalue weighted by Gasteiger charge is 2.45. The Kier molecular flexibility index (Phi) is 5.67. The zero-order valence-electron chi connectivity index (χ0n) is 21.0. The Labute approximate surface area is 208 Å². The molecule has 0 saturated carbocycles. The fourth-order valence-electron chi connectivity index (χ4n) is 4.70. The number of carbonyl (C=O) groups is 1. The number of ether oxygens (including phenoxy) is 3. The molecule has 1 atom stereocenters. The van der Waals surface area contributed by atoms with Gasteiger partial charge in [0.05, 0.1) is 38.3 Å². The summed E-state index contributed by atoms with van der Waals surface area (Å²) in [5.41, 5.74) is 3.60. The number of carbonyl (C=O) groups excluding carboxylic acids is 1. The molecule has 36 heavy (non-hydrogen) atoms. The van der Waals surface area contributed by atoms with Crippen LogP contribution in [-0.2, 0) is 0 Å². The number of pyridine rings is 1. The van der Waals surface area contributed by atoms with Crippen molar-refractivity contribution in [1.29, 1.82) is 0 Å². The second-order valence-corrected chi connectivity index (χ2v) is 8.78. The van der Waals surface area contributed by atoms with Crippen LogP contribution in [0.2, 0.25) is 0 Å². The summed E-state index contributed by atoms with van der Waals surface area (Å²) in [6, 6.07) is 11.6. The smallest absolute Gasteiger partial charge is 0.296 e. The monoisotopic (exact) mass is 486 g/mol. The van der Waals surface area contributed by atoms with E-state index in [9.17, 15) is 9.59 Å². The Morgan fingerprint density at radius 2 is 1.56 bits per heavy atom. The summed E-state index contributed by atoms with van der Waals surface area (Å²) in [6.07, 6.45) is 0. The fraction of sp³-hybridized carbons (Fsp3) is 0.250. The van der Waals surface area contributed by atoms with Crippen molar-refractivity contribution in [3.8, 4) is 17.2 Å². The molecule has 8 heteroatoms. The van der Waals surface area contributed by atoms with E-state index in [4.69, 9.17) is 18.6 Å². The molecular formula is C28H26N2O6. The number of rotatable bonds is 5. The molecule has 3 heterocycles. The predicted octanol–water partition coefficient (Wildman–Crippen LogP) is 4.89. The summed E-state index contributed by atoms with van der Waals surface area (Å²) in [4.78, 5) is 33.9. The Morgan fingerprint density at radius 3 is 2.17 bits per heavy atom. The lowest BCUT2D eigenvalue weighted by molar-refractivity contribution is 0.0970. The number of hydrogen-bond acceptors (Lipinski definition) is 7. The van der Waals surface area contributed by atoms with E-state index in [-0.39, 0.29) is 16.8 Å². The minimum Gasteiger partial charge on any atom is -0.493 e. The summed E-state index contributed by atoms with van der Waals surface area (Å²) in [5.74, 6) is 1.17. The lowest BCUT2D eigenvalue weighted by Gasteiger charge is -2.25. The predicted molar refractivity (Wildman–Crippen MR) is 136 cm³/mol. The average Bonchev–Trinajstić information content (AvgIpc) is 3.16. The maximum absolute atomic E-state index is 13.9. The van der Waals surface area contributed by atoms with E-state index in [1.54, 1.807) is 30.3 Å². The molecule has 4 aromatic rings. The second kappa shape index (κ2) is 8.71. The number of aromatic nitrogens is 1. The quantitative estimate of drug-likeness (QED) is 0.397. The van der Waals surface area contributed by atoms with Crippen molar-refractivity contribution < 1.29 is 23.4 Å². The van der Waals surface area contributed by atoms with Crippen LogP contribution in [0.3, 0.4) is 0 Å². The van der Waals surface area contributed by atoms with Crippen LogP contribution in [0.25, 0.3) is 11.0 Å². The number of benzene rings is 2. The highest BCUT2D eigenvalue weighted by molar-refractivity contribution is 6.10. The van der Waals surface area contributed by atoms with E-state index < -0.39 is 11.9 Å². The number of amides is 1. The summed E-state index contributed by atoms with van der Waals surface area (Å²) >= 11 is 0. The third-order valence-electron chi connectivity index (χ3n) is 6.61. The molecular weight excluding hydrogens is 460 g/mol. The number of hydrogen-bond donors (Lipinski definition) is 0. The Bertz CT molecular complexity index is 1560. The molecule has 0 spiro atoms. The highest BCUT2D eigenvalue weighted by Crippen LogP contribution is 2.46. The molecule has 0 bridgehead atoms. The standard InChI is InChI=1S/C28H26N2O6/c1-14-10-18-19(11-15(14)2)36-27-23(25(18)31)24(30(28(27)32)22-9-7-8-16(3)29-22)17-12-20(33-4)26(35-6)21(13-17)34-5/h7-13,24H,1-6H3/t24-/m0/s1. The van der Waals surface area contributed by atoms with Crippen LogP contribution in [0.4, 0.5) is 5.82 Å². The van der Waals surface area contributed by atoms with Gasteiger partial charge in [0.15, 0.2) is 16.9 Å². The van der Waals surface area contributed by atoms with Gasteiger partial charge >= 0.3 is 0 Å². The normalized spacial score (nSPS) is 14.8. The van der Waals surface area contributed by atoms with Crippen LogP contribution in [0, 0.1) is 20.8 Å². The molecule has 2 aromatic carbocycles. The van der Waals surface area contributed by atoms with Crippen LogP contribution < -0.4 is 24.5 Å². The molecule has 0 unspecified atom stereocenters. The second-order valence-electron chi connectivity index (χ2n) is 8.78. The third kappa shape index (κ3) is 3.48. The summed E-state index contributed by atoms with van der Waals surface area (Å²) in [6.45, 7) is 5.71. The number of nitrogens with zero attached hydrogens (tertiary/aromatic N) is 2. The van der Waals surface area contributed by atoms with E-state index in [1.807, 2.05) is 32.9 Å². The maximum atomic E-state index is 13.9. The number of fused-ring (bicyclic) bond motifs is 2. The molecule has 8 nitrogen and oxygen atoms in total. The summed E-state index contributed by atoms with van der Waals surface area (Å²) in [7, 11) is 4.55. The molecule has 1 aliphatic rings. The van der Waals surface area contributed by atoms with Gasteiger partial charge in [0.1, 0.15) is 11.4 Å². The molecule has 184 valence electrons. The highest BCUT2D eigenvalue weighted by atomic mass is 16.5. The Morgan fingerprint density at radius 1 is 0.889 bits per heavy atom. The zero-order valence-corrected chi connectivity index (χ0v) is 21.0. The van der Waals surface area contributed by atoms with E-state index in [1.165, 1.54) is 26.2 Å². The third-order valence-corrected chi connectivity index (χ3v) is 6.61. The first-order valence-electron chi connectivity index (χ1n) is 11.4. The van der Waals surface area contributed by atoms with Gasteiger partial charge in [-0.1, -0.05) is 6.07 Å². The zero-order chi connectivity index (χ0) is 25.7. The van der Waals surface area contributed by atoms with Crippen molar-refractivity contribution >= 4 is 22.7 Å². The molecule has 0 fully saturated rings. The molecule has 0 saturated heterocycles. The van der Waals surface area contributed by atoms with E-state index in [0.29, 0.717) is 39.6 Å². The first kappa shape index (κ1) is 23.4. The molecule has 1 aliphatic heterocycles. The van der Waals surface area contributed by atoms with Gasteiger partial charge in [-0.15, -0.1) is 0 Å². The van der Waals surface area contributed by atoms with Crippen LogP contribution in [-0.4, -0.2) is 32.2 Å². The number of anilines is 1. The first-order valence-corrected chi connectivity index (χ1v) is 11.4. The lowest BCUT2D eigenvalue weighted by Crippen LogP contribution is -2.30. The maximum Gasteiger partial charge on any atom is 0.296 e. The molecule has 0 N–H and O–H groups in total. The SMILES string of the molecule is COc1cc([C@H]2c3c(oc4cc(C)c(C)cc4c3=O)C(=O)N2c2cccc(C)n2)cc(OC)c1OC. The molecule has 0 aliphatic carbocycles. The van der Waals surface area contributed by atoms with Gasteiger partial charge in [-0.25, -0.2) is 4.98 Å². The van der Waals surface area contributed by atoms with Gasteiger partial charge in [-0.3, -0.25) is 14.5 Å². The van der Waals surface area contributed by atoms with Crippen LogP contribution in [0.1, 0.15) is 44.5 Å². The molecule has 5 rings (SSSR count). The van der Waals surface area contributed by atoms with Crippen molar-refractivity contribution in [2.75, 3.05) is 26.2 Å². The van der Waals surface area contributed by atoms with Crippen LogP contribution >= 0.6 is 0 Å². The van der Waals surface area contributed by atoms with Crippen LogP contribution in [0.5, 0.6) is 17.2 Å². The molecule has 1 amide bonds. The first-order chi connectivity index (χ1) is 17.3. The summed E-state index contributed by atoms with van der Waals surface area (Å²) < 4.78 is 22.7. The van der Waals surface area contributed by atoms with Gasteiger partial charge < -0.3 is 18.6 Å². The van der Waals surface area contributed by atoms with Crippen molar-refractivity contribution in [2.24, 2.45) is 0 Å². The van der Waals surface area contributed by atoms with Gasteiger partial charge in [0, 0.05) is 5.69 Å². The van der Waals surface area contributed by atoms with E-state index in [2.05, 4.69) is 4.98 Å². The van der Waals surface area contributed by atoms with Crippen molar-refractivity contribution in [3.63, 3.8) is 0 Å². The number of methoxy groups -OCH3 is 3. The van der Waals surface area contributed by atoms with Crippen LogP contribution in [0.15, 0.2) is 51.7 Å². The minimum absolute atomic E-state index is 0.00203. The Hall–Kier alpha value is -4.33. The van der Waals surface area contributed by atoms with Gasteiger partial charge in [-0.2, -0.15) is 0 Å².